The second-order valence-corrected chi connectivity index (χ2v) is 6.35. The van der Waals surface area contributed by atoms with Gasteiger partial charge in [0.2, 0.25) is 5.69 Å². The topological polar surface area (TPSA) is 21.4 Å². The molecule has 0 amide bonds. The Morgan fingerprint density at radius 1 is 1.08 bits per heavy atom. The molecule has 122 valence electrons. The molecule has 4 aromatic rings. The highest BCUT2D eigenvalue weighted by molar-refractivity contribution is 6.10. The Bertz CT molecular complexity index is 1200. The molecule has 0 aliphatic carbocycles. The van der Waals surface area contributed by atoms with Crippen LogP contribution < -0.4 is 4.57 Å². The molecule has 0 aliphatic heterocycles. The van der Waals surface area contributed by atoms with Crippen LogP contribution in [0.15, 0.2) is 47.0 Å². The standard InChI is InChI=1S/C21H16FN2O/c1-12-5-8-18(24(4)11-12)15-10-19-16(9-13(15)2)14-6-7-17(22)20(23-3)21(14)25-19/h5-11H,1-2,4H3/q+1. The van der Waals surface area contributed by atoms with Crippen molar-refractivity contribution in [3.05, 3.63) is 71.0 Å². The maximum absolute atomic E-state index is 13.9. The Morgan fingerprint density at radius 2 is 1.88 bits per heavy atom. The monoisotopic (exact) mass is 331 g/mol. The zero-order valence-corrected chi connectivity index (χ0v) is 14.2. The third-order valence-corrected chi connectivity index (χ3v) is 4.58. The summed E-state index contributed by atoms with van der Waals surface area (Å²) in [5.74, 6) is -0.552. The largest absolute Gasteiger partial charge is 0.467 e. The molecule has 0 fully saturated rings. The summed E-state index contributed by atoms with van der Waals surface area (Å²) >= 11 is 0. The Labute approximate surface area is 144 Å². The lowest BCUT2D eigenvalue weighted by Gasteiger charge is -2.05. The van der Waals surface area contributed by atoms with E-state index in [2.05, 4.69) is 34.7 Å². The first kappa shape index (κ1) is 15.3. The summed E-state index contributed by atoms with van der Waals surface area (Å²) in [4.78, 5) is 3.30. The van der Waals surface area contributed by atoms with Crippen molar-refractivity contribution in [2.75, 3.05) is 0 Å². The molecule has 2 heterocycles. The fourth-order valence-electron chi connectivity index (χ4n) is 3.36. The molecule has 0 aliphatic rings. The number of rotatable bonds is 1. The number of pyridine rings is 1. The zero-order chi connectivity index (χ0) is 17.7. The van der Waals surface area contributed by atoms with Crippen LogP contribution in [0.1, 0.15) is 11.1 Å². The Balaban J connectivity index is 2.05. The number of furan rings is 1. The molecule has 0 bridgehead atoms. The normalized spacial score (nSPS) is 11.2. The van der Waals surface area contributed by atoms with E-state index in [0.29, 0.717) is 11.2 Å². The van der Waals surface area contributed by atoms with Gasteiger partial charge in [-0.15, -0.1) is 0 Å². The van der Waals surface area contributed by atoms with Crippen LogP contribution in [0.5, 0.6) is 0 Å². The van der Waals surface area contributed by atoms with Crippen LogP contribution in [0.3, 0.4) is 0 Å². The maximum atomic E-state index is 13.9. The van der Waals surface area contributed by atoms with Gasteiger partial charge in [-0.3, -0.25) is 0 Å². The zero-order valence-electron chi connectivity index (χ0n) is 14.2. The van der Waals surface area contributed by atoms with Gasteiger partial charge in [0.25, 0.3) is 5.69 Å². The Kier molecular flexibility index (Phi) is 3.33. The number of benzene rings is 2. The van der Waals surface area contributed by atoms with Crippen LogP contribution in [-0.4, -0.2) is 0 Å². The molecule has 0 radical (unpaired) electrons. The molecule has 3 nitrogen and oxygen atoms in total. The summed E-state index contributed by atoms with van der Waals surface area (Å²) in [7, 11) is 2.01. The molecule has 0 saturated carbocycles. The van der Waals surface area contributed by atoms with Gasteiger partial charge in [-0.1, -0.05) is 6.07 Å². The van der Waals surface area contributed by atoms with Gasteiger partial charge >= 0.3 is 0 Å². The van der Waals surface area contributed by atoms with E-state index in [0.717, 1.165) is 27.6 Å². The Morgan fingerprint density at radius 3 is 2.60 bits per heavy atom. The number of hydrogen-bond donors (Lipinski definition) is 0. The third kappa shape index (κ3) is 2.28. The molecular weight excluding hydrogens is 315 g/mol. The van der Waals surface area contributed by atoms with Crippen molar-refractivity contribution < 1.29 is 13.4 Å². The first-order chi connectivity index (χ1) is 12.0. The first-order valence-electron chi connectivity index (χ1n) is 7.99. The average Bonchev–Trinajstić information content (AvgIpc) is 2.92. The van der Waals surface area contributed by atoms with Gasteiger partial charge in [-0.25, -0.2) is 13.8 Å². The number of aromatic nitrogens is 1. The lowest BCUT2D eigenvalue weighted by Crippen LogP contribution is -2.31. The SMILES string of the molecule is [C-]#[N+]c1c(F)ccc2c1oc1cc(-c3ccc(C)c[n+]3C)c(C)cc12. The molecular formula is C21H16FN2O+. The van der Waals surface area contributed by atoms with Crippen molar-refractivity contribution in [1.29, 1.82) is 0 Å². The molecule has 2 aromatic carbocycles. The van der Waals surface area contributed by atoms with Gasteiger partial charge in [0.1, 0.15) is 24.0 Å². The number of fused-ring (bicyclic) bond motifs is 3. The fraction of sp³-hybridized carbons (Fsp3) is 0.143. The predicted octanol–water partition coefficient (Wildman–Crippen LogP) is 5.38. The number of hydrogen-bond acceptors (Lipinski definition) is 1. The summed E-state index contributed by atoms with van der Waals surface area (Å²) in [6.45, 7) is 11.3. The van der Waals surface area contributed by atoms with E-state index >= 15 is 0 Å². The Hall–Kier alpha value is -3.19. The highest BCUT2D eigenvalue weighted by Crippen LogP contribution is 2.38. The summed E-state index contributed by atoms with van der Waals surface area (Å²) in [5, 5.41) is 1.67. The van der Waals surface area contributed by atoms with Crippen LogP contribution >= 0.6 is 0 Å². The minimum atomic E-state index is -0.552. The maximum Gasteiger partial charge on any atom is 0.264 e. The van der Waals surface area contributed by atoms with E-state index in [9.17, 15) is 4.39 Å². The van der Waals surface area contributed by atoms with Crippen LogP contribution in [0, 0.1) is 26.2 Å². The van der Waals surface area contributed by atoms with E-state index in [-0.39, 0.29) is 5.69 Å². The van der Waals surface area contributed by atoms with Crippen molar-refractivity contribution >= 4 is 27.6 Å². The second kappa shape index (κ2) is 5.42. The summed E-state index contributed by atoms with van der Waals surface area (Å²) in [6.07, 6.45) is 2.07. The number of aryl methyl sites for hydroxylation is 3. The molecule has 0 unspecified atom stereocenters. The van der Waals surface area contributed by atoms with Crippen LogP contribution in [0.4, 0.5) is 10.1 Å². The van der Waals surface area contributed by atoms with E-state index in [4.69, 9.17) is 11.0 Å². The molecule has 4 rings (SSSR count). The molecule has 0 spiro atoms. The van der Waals surface area contributed by atoms with Crippen LogP contribution in [0.2, 0.25) is 0 Å². The van der Waals surface area contributed by atoms with Gasteiger partial charge in [0.15, 0.2) is 6.20 Å². The van der Waals surface area contributed by atoms with Crippen molar-refractivity contribution in [3.8, 4) is 11.3 Å². The van der Waals surface area contributed by atoms with Gasteiger partial charge < -0.3 is 4.42 Å². The van der Waals surface area contributed by atoms with Gasteiger partial charge in [0.05, 0.1) is 12.1 Å². The number of nitrogens with zero attached hydrogens (tertiary/aromatic N) is 2. The minimum absolute atomic E-state index is 0.0613. The van der Waals surface area contributed by atoms with E-state index in [1.54, 1.807) is 6.07 Å². The average molecular weight is 331 g/mol. The first-order valence-corrected chi connectivity index (χ1v) is 7.99. The molecule has 25 heavy (non-hydrogen) atoms. The molecule has 0 atom stereocenters. The third-order valence-electron chi connectivity index (χ3n) is 4.58. The van der Waals surface area contributed by atoms with Crippen LogP contribution in [-0.2, 0) is 7.05 Å². The summed E-state index contributed by atoms with van der Waals surface area (Å²) < 4.78 is 21.8. The highest BCUT2D eigenvalue weighted by Gasteiger charge is 2.19. The van der Waals surface area contributed by atoms with E-state index < -0.39 is 5.82 Å². The lowest BCUT2D eigenvalue weighted by atomic mass is 10.0. The van der Waals surface area contributed by atoms with Gasteiger partial charge in [-0.2, -0.15) is 0 Å². The summed E-state index contributed by atoms with van der Waals surface area (Å²) in [5.41, 5.74) is 5.32. The van der Waals surface area contributed by atoms with Gasteiger partial charge in [0, 0.05) is 22.4 Å². The summed E-state index contributed by atoms with van der Waals surface area (Å²) in [6, 6.07) is 11.2. The van der Waals surface area contributed by atoms with Crippen LogP contribution in [0.25, 0.3) is 38.0 Å². The molecule has 2 aromatic heterocycles. The van der Waals surface area contributed by atoms with E-state index in [1.807, 2.05) is 26.1 Å². The minimum Gasteiger partial charge on any atom is -0.467 e. The van der Waals surface area contributed by atoms with Crippen molar-refractivity contribution in [2.24, 2.45) is 7.05 Å². The lowest BCUT2D eigenvalue weighted by molar-refractivity contribution is -0.660. The highest BCUT2D eigenvalue weighted by atomic mass is 19.1. The van der Waals surface area contributed by atoms with E-state index in [1.165, 1.54) is 11.6 Å². The second-order valence-electron chi connectivity index (χ2n) is 6.35. The quantitative estimate of drug-likeness (QED) is 0.339. The van der Waals surface area contributed by atoms with Crippen molar-refractivity contribution in [1.82, 2.24) is 0 Å². The molecule has 0 N–H and O–H groups in total. The predicted molar refractivity (Wildman–Crippen MR) is 96.0 cm³/mol. The number of halogens is 1. The van der Waals surface area contributed by atoms with Crippen molar-refractivity contribution in [3.63, 3.8) is 0 Å². The molecule has 0 saturated heterocycles. The van der Waals surface area contributed by atoms with Crippen molar-refractivity contribution in [2.45, 2.75) is 13.8 Å². The molecule has 4 heteroatoms. The van der Waals surface area contributed by atoms with Gasteiger partial charge in [-0.05, 0) is 43.7 Å². The smallest absolute Gasteiger partial charge is 0.264 e. The fourth-order valence-corrected chi connectivity index (χ4v) is 3.36.